The van der Waals surface area contributed by atoms with Gasteiger partial charge in [-0.15, -0.1) is 0 Å². The third kappa shape index (κ3) is 3.76. The molecule has 0 aliphatic rings. The predicted octanol–water partition coefficient (Wildman–Crippen LogP) is 5.18. The van der Waals surface area contributed by atoms with E-state index in [1.54, 1.807) is 7.11 Å². The predicted molar refractivity (Wildman–Crippen MR) is 88.4 cm³/mol. The SMILES string of the molecule is COc1c(C)cc(Br)c(C)c1C(O)CC(C)C(C)(C)C. The second kappa shape index (κ2) is 6.48. The molecular formula is C17H27BrO2. The molecule has 2 nitrogen and oxygen atoms in total. The summed E-state index contributed by atoms with van der Waals surface area (Å²) in [4.78, 5) is 0. The first-order valence-corrected chi connectivity index (χ1v) is 7.90. The summed E-state index contributed by atoms with van der Waals surface area (Å²) in [7, 11) is 1.67. The van der Waals surface area contributed by atoms with Gasteiger partial charge in [0.2, 0.25) is 0 Å². The summed E-state index contributed by atoms with van der Waals surface area (Å²) < 4.78 is 6.54. The van der Waals surface area contributed by atoms with E-state index in [2.05, 4.69) is 43.6 Å². The molecule has 20 heavy (non-hydrogen) atoms. The highest BCUT2D eigenvalue weighted by Gasteiger charge is 2.27. The first-order valence-electron chi connectivity index (χ1n) is 7.11. The Hall–Kier alpha value is -0.540. The molecule has 0 saturated carbocycles. The quantitative estimate of drug-likeness (QED) is 0.816. The molecule has 3 heteroatoms. The van der Waals surface area contributed by atoms with E-state index in [0.717, 1.165) is 33.3 Å². The molecule has 114 valence electrons. The van der Waals surface area contributed by atoms with E-state index in [1.165, 1.54) is 0 Å². The second-order valence-electron chi connectivity index (χ2n) is 6.77. The standard InChI is InChI=1S/C17H27BrO2/c1-10-8-13(18)12(3)15(16(10)20-7)14(19)9-11(2)17(4,5)6/h8,11,14,19H,9H2,1-7H3. The first-order chi connectivity index (χ1) is 9.09. The van der Waals surface area contributed by atoms with E-state index >= 15 is 0 Å². The first kappa shape index (κ1) is 17.5. The molecule has 1 aromatic carbocycles. The van der Waals surface area contributed by atoms with Crippen LogP contribution in [0.4, 0.5) is 0 Å². The van der Waals surface area contributed by atoms with Crippen molar-refractivity contribution in [2.75, 3.05) is 7.11 Å². The maximum atomic E-state index is 10.7. The fourth-order valence-electron chi connectivity index (χ4n) is 2.35. The van der Waals surface area contributed by atoms with Gasteiger partial charge in [0.1, 0.15) is 5.75 Å². The van der Waals surface area contributed by atoms with Gasteiger partial charge in [0.15, 0.2) is 0 Å². The van der Waals surface area contributed by atoms with Gasteiger partial charge in [0.25, 0.3) is 0 Å². The van der Waals surface area contributed by atoms with Crippen molar-refractivity contribution in [3.05, 3.63) is 27.2 Å². The van der Waals surface area contributed by atoms with Crippen molar-refractivity contribution in [3.8, 4) is 5.75 Å². The topological polar surface area (TPSA) is 29.5 Å². The van der Waals surface area contributed by atoms with E-state index < -0.39 is 6.10 Å². The van der Waals surface area contributed by atoms with Gasteiger partial charge in [-0.05, 0) is 48.8 Å². The zero-order chi connectivity index (χ0) is 15.7. The molecule has 2 unspecified atom stereocenters. The number of ether oxygens (including phenoxy) is 1. The average Bonchev–Trinajstić information content (AvgIpc) is 2.31. The Morgan fingerprint density at radius 3 is 2.30 bits per heavy atom. The van der Waals surface area contributed by atoms with E-state index in [-0.39, 0.29) is 5.41 Å². The van der Waals surface area contributed by atoms with Crippen LogP contribution < -0.4 is 4.74 Å². The van der Waals surface area contributed by atoms with Crippen molar-refractivity contribution >= 4 is 15.9 Å². The highest BCUT2D eigenvalue weighted by atomic mass is 79.9. The van der Waals surface area contributed by atoms with Crippen LogP contribution in [0.2, 0.25) is 0 Å². The maximum Gasteiger partial charge on any atom is 0.127 e. The lowest BCUT2D eigenvalue weighted by atomic mass is 9.77. The number of aliphatic hydroxyl groups is 1. The minimum absolute atomic E-state index is 0.184. The van der Waals surface area contributed by atoms with Crippen LogP contribution in [-0.2, 0) is 0 Å². The van der Waals surface area contributed by atoms with Gasteiger partial charge in [-0.3, -0.25) is 0 Å². The Morgan fingerprint density at radius 2 is 1.85 bits per heavy atom. The van der Waals surface area contributed by atoms with Crippen molar-refractivity contribution in [2.45, 2.75) is 54.1 Å². The zero-order valence-corrected chi connectivity index (χ0v) is 15.3. The van der Waals surface area contributed by atoms with Crippen molar-refractivity contribution in [3.63, 3.8) is 0 Å². The number of aryl methyl sites for hydroxylation is 1. The number of hydrogen-bond donors (Lipinski definition) is 1. The molecule has 0 aromatic heterocycles. The van der Waals surface area contributed by atoms with Crippen LogP contribution in [-0.4, -0.2) is 12.2 Å². The van der Waals surface area contributed by atoms with Gasteiger partial charge in [0, 0.05) is 10.0 Å². The Kier molecular flexibility index (Phi) is 5.68. The van der Waals surface area contributed by atoms with Gasteiger partial charge in [-0.1, -0.05) is 43.6 Å². The fraction of sp³-hybridized carbons (Fsp3) is 0.647. The molecule has 0 heterocycles. The fourth-order valence-corrected chi connectivity index (χ4v) is 2.91. The summed E-state index contributed by atoms with van der Waals surface area (Å²) in [5, 5.41) is 10.7. The summed E-state index contributed by atoms with van der Waals surface area (Å²) in [6.07, 6.45) is 0.228. The van der Waals surface area contributed by atoms with Gasteiger partial charge >= 0.3 is 0 Å². The van der Waals surface area contributed by atoms with Crippen molar-refractivity contribution in [2.24, 2.45) is 11.3 Å². The lowest BCUT2D eigenvalue weighted by Crippen LogP contribution is -2.20. The molecule has 0 saturated heterocycles. The maximum absolute atomic E-state index is 10.7. The van der Waals surface area contributed by atoms with Crippen LogP contribution in [0.15, 0.2) is 10.5 Å². The molecular weight excluding hydrogens is 316 g/mol. The van der Waals surface area contributed by atoms with Gasteiger partial charge < -0.3 is 9.84 Å². The average molecular weight is 343 g/mol. The molecule has 1 rings (SSSR count). The normalized spacial score (nSPS) is 15.1. The smallest absolute Gasteiger partial charge is 0.127 e. The Labute approximate surface area is 131 Å². The van der Waals surface area contributed by atoms with Crippen LogP contribution in [0.1, 0.15) is 56.9 Å². The summed E-state index contributed by atoms with van der Waals surface area (Å²) in [6, 6.07) is 2.04. The van der Waals surface area contributed by atoms with E-state index in [1.807, 2.05) is 19.9 Å². The van der Waals surface area contributed by atoms with E-state index in [0.29, 0.717) is 5.92 Å². The molecule has 1 N–H and O–H groups in total. The van der Waals surface area contributed by atoms with Crippen molar-refractivity contribution in [1.29, 1.82) is 0 Å². The van der Waals surface area contributed by atoms with Gasteiger partial charge in [0.05, 0.1) is 13.2 Å². The van der Waals surface area contributed by atoms with Crippen LogP contribution in [0.5, 0.6) is 5.75 Å². The molecule has 0 aliphatic carbocycles. The molecule has 0 bridgehead atoms. The van der Waals surface area contributed by atoms with Crippen molar-refractivity contribution < 1.29 is 9.84 Å². The summed E-state index contributed by atoms with van der Waals surface area (Å²) >= 11 is 3.57. The van der Waals surface area contributed by atoms with Crippen LogP contribution in [0.3, 0.4) is 0 Å². The number of aliphatic hydroxyl groups excluding tert-OH is 1. The molecule has 0 amide bonds. The number of hydrogen-bond acceptors (Lipinski definition) is 2. The number of methoxy groups -OCH3 is 1. The third-order valence-corrected chi connectivity index (χ3v) is 5.12. The third-order valence-electron chi connectivity index (χ3n) is 4.30. The largest absolute Gasteiger partial charge is 0.496 e. The van der Waals surface area contributed by atoms with Gasteiger partial charge in [-0.25, -0.2) is 0 Å². The van der Waals surface area contributed by atoms with Crippen LogP contribution in [0.25, 0.3) is 0 Å². The monoisotopic (exact) mass is 342 g/mol. The lowest BCUT2D eigenvalue weighted by Gasteiger charge is -2.30. The highest BCUT2D eigenvalue weighted by Crippen LogP contribution is 2.40. The summed E-state index contributed by atoms with van der Waals surface area (Å²) in [6.45, 7) is 12.8. The molecule has 0 radical (unpaired) electrons. The van der Waals surface area contributed by atoms with E-state index in [4.69, 9.17) is 4.74 Å². The Bertz CT molecular complexity index is 475. The minimum Gasteiger partial charge on any atom is -0.496 e. The second-order valence-corrected chi connectivity index (χ2v) is 7.62. The summed E-state index contributed by atoms with van der Waals surface area (Å²) in [5.41, 5.74) is 3.20. The van der Waals surface area contributed by atoms with E-state index in [9.17, 15) is 5.11 Å². The molecule has 0 fully saturated rings. The minimum atomic E-state index is -0.504. The van der Waals surface area contributed by atoms with Gasteiger partial charge in [-0.2, -0.15) is 0 Å². The molecule has 1 aromatic rings. The number of benzene rings is 1. The summed E-state index contributed by atoms with van der Waals surface area (Å²) in [5.74, 6) is 1.22. The zero-order valence-electron chi connectivity index (χ0n) is 13.7. The Morgan fingerprint density at radius 1 is 1.30 bits per heavy atom. The van der Waals surface area contributed by atoms with Crippen LogP contribution in [0, 0.1) is 25.2 Å². The Balaban J connectivity index is 3.18. The van der Waals surface area contributed by atoms with Crippen LogP contribution >= 0.6 is 15.9 Å². The number of halogens is 1. The molecule has 2 atom stereocenters. The molecule has 0 aliphatic heterocycles. The number of rotatable bonds is 4. The lowest BCUT2D eigenvalue weighted by molar-refractivity contribution is 0.108. The molecule has 0 spiro atoms. The highest BCUT2D eigenvalue weighted by molar-refractivity contribution is 9.10. The van der Waals surface area contributed by atoms with Crippen molar-refractivity contribution in [1.82, 2.24) is 0 Å².